The minimum Gasteiger partial charge on any atom is -0.497 e. The molecule has 2 amide bonds. The monoisotopic (exact) mass is 482 g/mol. The average molecular weight is 483 g/mol. The van der Waals surface area contributed by atoms with E-state index in [1.54, 1.807) is 31.1 Å². The molecule has 2 aromatic rings. The average Bonchev–Trinajstić information content (AvgIpc) is 2.78. The Bertz CT molecular complexity index is 878. The fourth-order valence-electron chi connectivity index (χ4n) is 2.87. The zero-order valence-electron chi connectivity index (χ0n) is 18.0. The number of ether oxygens (including phenoxy) is 1. The van der Waals surface area contributed by atoms with Crippen molar-refractivity contribution in [1.29, 1.82) is 0 Å². The zero-order valence-corrected chi connectivity index (χ0v) is 20.3. The van der Waals surface area contributed by atoms with E-state index in [0.717, 1.165) is 23.3 Å². The predicted octanol–water partition coefficient (Wildman–Crippen LogP) is 5.18. The number of carbonyl (C=O) groups excluding carboxylic acids is 2. The Hall–Kier alpha value is -1.89. The third-order valence-corrected chi connectivity index (χ3v) is 6.43. The van der Waals surface area contributed by atoms with Crippen molar-refractivity contribution in [3.05, 3.63) is 63.6 Å². The molecule has 31 heavy (non-hydrogen) atoms. The molecule has 8 heteroatoms. The molecule has 5 nitrogen and oxygen atoms in total. The van der Waals surface area contributed by atoms with Gasteiger partial charge in [0.25, 0.3) is 0 Å². The van der Waals surface area contributed by atoms with E-state index in [1.807, 2.05) is 37.3 Å². The van der Waals surface area contributed by atoms with Gasteiger partial charge in [-0.2, -0.15) is 0 Å². The van der Waals surface area contributed by atoms with Gasteiger partial charge in [0.05, 0.1) is 22.9 Å². The number of nitrogens with one attached hydrogen (secondary N) is 1. The normalized spacial score (nSPS) is 11.6. The van der Waals surface area contributed by atoms with E-state index in [0.29, 0.717) is 22.3 Å². The Labute approximate surface area is 198 Å². The lowest BCUT2D eigenvalue weighted by Gasteiger charge is -2.29. The van der Waals surface area contributed by atoms with Crippen molar-refractivity contribution in [2.24, 2.45) is 0 Å². The van der Waals surface area contributed by atoms with Gasteiger partial charge in [0.2, 0.25) is 11.8 Å². The van der Waals surface area contributed by atoms with Crippen LogP contribution in [0.25, 0.3) is 0 Å². The van der Waals surface area contributed by atoms with Gasteiger partial charge in [0, 0.05) is 18.8 Å². The van der Waals surface area contributed by atoms with Crippen LogP contribution in [0.3, 0.4) is 0 Å². The standard InChI is InChI=1S/C23H28Cl2N2O3S/c1-4-11-26-23(29)16(2)27(13-18-7-10-20(24)21(25)12-18)22(28)15-31-14-17-5-8-19(30-3)9-6-17/h5-10,12,16H,4,11,13-15H2,1-3H3,(H,26,29)/t16-/m0/s1. The summed E-state index contributed by atoms with van der Waals surface area (Å²) in [6.07, 6.45) is 0.830. The molecule has 2 aromatic carbocycles. The number of hydrogen-bond donors (Lipinski definition) is 1. The number of thioether (sulfide) groups is 1. The maximum absolute atomic E-state index is 13.1. The van der Waals surface area contributed by atoms with Crippen molar-refractivity contribution in [3.8, 4) is 5.75 Å². The number of halogens is 2. The summed E-state index contributed by atoms with van der Waals surface area (Å²) < 4.78 is 5.17. The van der Waals surface area contributed by atoms with Gasteiger partial charge in [-0.05, 0) is 48.7 Å². The SMILES string of the molecule is CCCNC(=O)[C@H](C)N(Cc1ccc(Cl)c(Cl)c1)C(=O)CSCc1ccc(OC)cc1. The second-order valence-corrected chi connectivity index (χ2v) is 8.88. The summed E-state index contributed by atoms with van der Waals surface area (Å²) in [7, 11) is 1.63. The molecule has 0 saturated carbocycles. The molecular weight excluding hydrogens is 455 g/mol. The van der Waals surface area contributed by atoms with Crippen molar-refractivity contribution in [1.82, 2.24) is 10.2 Å². The summed E-state index contributed by atoms with van der Waals surface area (Å²) in [6, 6.07) is 12.4. The fourth-order valence-corrected chi connectivity index (χ4v) is 4.07. The zero-order chi connectivity index (χ0) is 22.8. The van der Waals surface area contributed by atoms with Gasteiger partial charge in [0.15, 0.2) is 0 Å². The van der Waals surface area contributed by atoms with Crippen LogP contribution in [0.2, 0.25) is 10.0 Å². The highest BCUT2D eigenvalue weighted by molar-refractivity contribution is 7.99. The molecule has 1 N–H and O–H groups in total. The predicted molar refractivity (Wildman–Crippen MR) is 129 cm³/mol. The first-order valence-electron chi connectivity index (χ1n) is 10.1. The van der Waals surface area contributed by atoms with Crippen molar-refractivity contribution in [2.75, 3.05) is 19.4 Å². The molecule has 0 aromatic heterocycles. The number of methoxy groups -OCH3 is 1. The number of rotatable bonds is 11. The lowest BCUT2D eigenvalue weighted by Crippen LogP contribution is -2.48. The third kappa shape index (κ3) is 7.95. The molecule has 0 aliphatic rings. The number of amides is 2. The first-order valence-corrected chi connectivity index (χ1v) is 12.0. The highest BCUT2D eigenvalue weighted by atomic mass is 35.5. The van der Waals surface area contributed by atoms with Crippen LogP contribution >= 0.6 is 35.0 Å². The highest BCUT2D eigenvalue weighted by Gasteiger charge is 2.26. The Morgan fingerprint density at radius 3 is 2.39 bits per heavy atom. The molecular formula is C23H28Cl2N2O3S. The van der Waals surface area contributed by atoms with Crippen molar-refractivity contribution < 1.29 is 14.3 Å². The van der Waals surface area contributed by atoms with Gasteiger partial charge in [-0.25, -0.2) is 0 Å². The van der Waals surface area contributed by atoms with E-state index in [1.165, 1.54) is 11.8 Å². The number of hydrogen-bond acceptors (Lipinski definition) is 4. The van der Waals surface area contributed by atoms with Crippen molar-refractivity contribution in [3.63, 3.8) is 0 Å². The first kappa shape index (κ1) is 25.4. The van der Waals surface area contributed by atoms with Crippen molar-refractivity contribution in [2.45, 2.75) is 38.6 Å². The molecule has 0 radical (unpaired) electrons. The molecule has 1 atom stereocenters. The van der Waals surface area contributed by atoms with Gasteiger partial charge in [-0.15, -0.1) is 11.8 Å². The summed E-state index contributed by atoms with van der Waals surface area (Å²) in [5.74, 6) is 1.47. The van der Waals surface area contributed by atoms with Crippen LogP contribution in [0.4, 0.5) is 0 Å². The van der Waals surface area contributed by atoms with Crippen LogP contribution in [-0.4, -0.2) is 42.2 Å². The van der Waals surface area contributed by atoms with Gasteiger partial charge in [-0.1, -0.05) is 48.3 Å². The summed E-state index contributed by atoms with van der Waals surface area (Å²) >= 11 is 13.6. The topological polar surface area (TPSA) is 58.6 Å². The number of carbonyl (C=O) groups is 2. The van der Waals surface area contributed by atoms with Crippen LogP contribution in [0, 0.1) is 0 Å². The molecule has 168 valence electrons. The van der Waals surface area contributed by atoms with E-state index in [4.69, 9.17) is 27.9 Å². The van der Waals surface area contributed by atoms with Crippen LogP contribution in [0.5, 0.6) is 5.75 Å². The summed E-state index contributed by atoms with van der Waals surface area (Å²) in [5.41, 5.74) is 1.92. The molecule has 0 aliphatic heterocycles. The van der Waals surface area contributed by atoms with Crippen LogP contribution < -0.4 is 10.1 Å². The van der Waals surface area contributed by atoms with Gasteiger partial charge < -0.3 is 15.0 Å². The highest BCUT2D eigenvalue weighted by Crippen LogP contribution is 2.24. The van der Waals surface area contributed by atoms with E-state index in [2.05, 4.69) is 5.32 Å². The van der Waals surface area contributed by atoms with Gasteiger partial charge >= 0.3 is 0 Å². The molecule has 0 bridgehead atoms. The molecule has 0 spiro atoms. The quantitative estimate of drug-likeness (QED) is 0.479. The lowest BCUT2D eigenvalue weighted by atomic mass is 10.1. The summed E-state index contributed by atoms with van der Waals surface area (Å²) in [6.45, 7) is 4.58. The molecule has 0 unspecified atom stereocenters. The second-order valence-electron chi connectivity index (χ2n) is 7.08. The Morgan fingerprint density at radius 1 is 1.10 bits per heavy atom. The van der Waals surface area contributed by atoms with E-state index < -0.39 is 6.04 Å². The van der Waals surface area contributed by atoms with Crippen LogP contribution in [0.1, 0.15) is 31.4 Å². The van der Waals surface area contributed by atoms with Gasteiger partial charge in [0.1, 0.15) is 11.8 Å². The Kier molecular flexibility index (Phi) is 10.5. The lowest BCUT2D eigenvalue weighted by molar-refractivity contribution is -0.138. The smallest absolute Gasteiger partial charge is 0.242 e. The van der Waals surface area contributed by atoms with Crippen molar-refractivity contribution >= 4 is 46.8 Å². The summed E-state index contributed by atoms with van der Waals surface area (Å²) in [5, 5.41) is 3.74. The van der Waals surface area contributed by atoms with Crippen LogP contribution in [0.15, 0.2) is 42.5 Å². The van der Waals surface area contributed by atoms with E-state index >= 15 is 0 Å². The summed E-state index contributed by atoms with van der Waals surface area (Å²) in [4.78, 5) is 27.2. The molecule has 2 rings (SSSR count). The molecule has 0 saturated heterocycles. The van der Waals surface area contributed by atoms with E-state index in [9.17, 15) is 9.59 Å². The Morgan fingerprint density at radius 2 is 1.77 bits per heavy atom. The van der Waals surface area contributed by atoms with Gasteiger partial charge in [-0.3, -0.25) is 9.59 Å². The van der Waals surface area contributed by atoms with E-state index in [-0.39, 0.29) is 24.1 Å². The largest absolute Gasteiger partial charge is 0.497 e. The minimum absolute atomic E-state index is 0.108. The maximum atomic E-state index is 13.1. The third-order valence-electron chi connectivity index (χ3n) is 4.71. The van der Waals surface area contributed by atoms with Crippen LogP contribution in [-0.2, 0) is 21.9 Å². The molecule has 0 heterocycles. The minimum atomic E-state index is -0.602. The first-order chi connectivity index (χ1) is 14.8. The number of nitrogens with zero attached hydrogens (tertiary/aromatic N) is 1. The maximum Gasteiger partial charge on any atom is 0.242 e. The fraction of sp³-hybridized carbons (Fsp3) is 0.391. The Balaban J connectivity index is 2.06. The number of benzene rings is 2. The molecule has 0 aliphatic carbocycles. The second kappa shape index (κ2) is 12.8. The molecule has 0 fully saturated rings.